The van der Waals surface area contributed by atoms with Crippen molar-refractivity contribution in [3.63, 3.8) is 0 Å². The van der Waals surface area contributed by atoms with Crippen LogP contribution in [-0.2, 0) is 4.79 Å². The summed E-state index contributed by atoms with van der Waals surface area (Å²) in [6, 6.07) is 0. The molecule has 0 unspecified atom stereocenters. The Morgan fingerprint density at radius 2 is 1.70 bits per heavy atom. The van der Waals surface area contributed by atoms with Gasteiger partial charge in [0.1, 0.15) is 6.61 Å². The van der Waals surface area contributed by atoms with E-state index in [1.54, 1.807) is 6.92 Å². The maximum absolute atomic E-state index is 9.56. The van der Waals surface area contributed by atoms with Crippen LogP contribution in [0.15, 0.2) is 0 Å². The zero-order valence-electron chi connectivity index (χ0n) is 6.24. The van der Waals surface area contributed by atoms with Gasteiger partial charge in [0, 0.05) is 0 Å². The summed E-state index contributed by atoms with van der Waals surface area (Å²) in [5, 5.41) is 23.6. The number of hydrogen-bond donors (Lipinski definition) is 3. The molecule has 0 saturated carbocycles. The summed E-state index contributed by atoms with van der Waals surface area (Å²) in [5.41, 5.74) is 0. The molecule has 0 aliphatic heterocycles. The molecule has 0 fully saturated rings. The second-order valence-electron chi connectivity index (χ2n) is 1.75. The highest BCUT2D eigenvalue weighted by Gasteiger charge is 1.83. The summed E-state index contributed by atoms with van der Waals surface area (Å²) < 4.78 is 0. The first kappa shape index (κ1) is 12.2. The summed E-state index contributed by atoms with van der Waals surface area (Å²) in [7, 11) is 0. The molecule has 3 N–H and O–H groups in total. The molecular formula is C6H14O4. The topological polar surface area (TPSA) is 77.8 Å². The minimum absolute atomic E-state index is 0.190. The van der Waals surface area contributed by atoms with Gasteiger partial charge in [0.25, 0.3) is 0 Å². The summed E-state index contributed by atoms with van der Waals surface area (Å²) in [5.74, 6) is -0.190. The largest absolute Gasteiger partial charge is 0.389 e. The van der Waals surface area contributed by atoms with Gasteiger partial charge >= 0.3 is 0 Å². The summed E-state index contributed by atoms with van der Waals surface area (Å²) in [6.07, 6.45) is -0.699. The number of carbonyl (C=O) groups is 1. The Morgan fingerprint density at radius 1 is 1.50 bits per heavy atom. The number of aliphatic hydroxyl groups excluding tert-OH is 2. The van der Waals surface area contributed by atoms with Crippen LogP contribution in [-0.4, -0.2) is 34.0 Å². The van der Waals surface area contributed by atoms with Crippen LogP contribution in [0.25, 0.3) is 0 Å². The Labute approximate surface area is 60.1 Å². The Bertz CT molecular complexity index is 79.8. The van der Waals surface area contributed by atoms with Gasteiger partial charge in [0.05, 0.1) is 0 Å². The first-order valence-corrected chi connectivity index (χ1v) is 3.01. The third kappa shape index (κ3) is 25.7. The van der Waals surface area contributed by atoms with Crippen LogP contribution < -0.4 is 0 Å². The van der Waals surface area contributed by atoms with Crippen molar-refractivity contribution in [1.29, 1.82) is 0 Å². The lowest BCUT2D eigenvalue weighted by Gasteiger charge is -1.90. The molecule has 0 rings (SSSR count). The number of carbonyl (C=O) groups excluding carboxylic acids is 1. The lowest BCUT2D eigenvalue weighted by molar-refractivity contribution is -0.119. The van der Waals surface area contributed by atoms with Gasteiger partial charge in [-0.05, 0) is 13.3 Å². The van der Waals surface area contributed by atoms with Crippen molar-refractivity contribution in [2.24, 2.45) is 0 Å². The fourth-order valence-electron chi connectivity index (χ4n) is 0. The number of ketones is 1. The predicted molar refractivity (Wildman–Crippen MR) is 36.3 cm³/mol. The van der Waals surface area contributed by atoms with E-state index in [4.69, 9.17) is 15.3 Å². The molecule has 4 nitrogen and oxygen atoms in total. The van der Waals surface area contributed by atoms with Crippen molar-refractivity contribution in [1.82, 2.24) is 0 Å². The highest BCUT2D eigenvalue weighted by Crippen LogP contribution is 1.77. The molecule has 0 aromatic rings. The molecule has 0 saturated heterocycles. The molecule has 62 valence electrons. The summed E-state index contributed by atoms with van der Waals surface area (Å²) in [6.45, 7) is 2.70. The van der Waals surface area contributed by atoms with Gasteiger partial charge in [-0.3, -0.25) is 4.79 Å². The molecule has 0 amide bonds. The average Bonchev–Trinajstić information content (AvgIpc) is 1.89. The molecule has 0 aliphatic rings. The summed E-state index contributed by atoms with van der Waals surface area (Å²) in [4.78, 5) is 9.56. The number of Topliss-reactive ketones (excluding diaryl/α,β-unsaturated/α-hetero) is 1. The minimum Gasteiger partial charge on any atom is -0.389 e. The summed E-state index contributed by atoms with van der Waals surface area (Å²) >= 11 is 0. The number of rotatable bonds is 2. The van der Waals surface area contributed by atoms with Crippen LogP contribution in [0.2, 0.25) is 0 Å². The molecule has 4 heteroatoms. The van der Waals surface area contributed by atoms with E-state index in [1.807, 2.05) is 0 Å². The van der Waals surface area contributed by atoms with Gasteiger partial charge in [-0.1, -0.05) is 6.92 Å². The third-order valence-corrected chi connectivity index (χ3v) is 0.588. The van der Waals surface area contributed by atoms with Crippen molar-refractivity contribution in [2.75, 3.05) is 6.61 Å². The van der Waals surface area contributed by atoms with Crippen LogP contribution in [0.1, 0.15) is 20.3 Å². The molecule has 0 aromatic carbocycles. The van der Waals surface area contributed by atoms with E-state index in [1.165, 1.54) is 6.92 Å². The minimum atomic E-state index is -1.12. The molecule has 0 aliphatic carbocycles. The van der Waals surface area contributed by atoms with E-state index in [0.29, 0.717) is 6.42 Å². The maximum atomic E-state index is 9.56. The highest BCUT2D eigenvalue weighted by molar-refractivity contribution is 5.76. The first-order chi connectivity index (χ1) is 4.54. The van der Waals surface area contributed by atoms with Crippen LogP contribution in [0.5, 0.6) is 0 Å². The molecular weight excluding hydrogens is 136 g/mol. The molecule has 0 bridgehead atoms. The fourth-order valence-corrected chi connectivity index (χ4v) is 0. The molecule has 0 radical (unpaired) electrons. The normalized spacial score (nSPS) is 8.60. The van der Waals surface area contributed by atoms with E-state index in [-0.39, 0.29) is 12.4 Å². The Kier molecular flexibility index (Phi) is 10.5. The van der Waals surface area contributed by atoms with Crippen LogP contribution in [0.4, 0.5) is 0 Å². The van der Waals surface area contributed by atoms with Crippen LogP contribution >= 0.6 is 0 Å². The standard InChI is InChI=1S/C3H6O2.C3H8O2/c1-3(5)2-4;1-2-3(4)5/h4H,2H2,1H3;3-5H,2H2,1H3. The van der Waals surface area contributed by atoms with E-state index in [2.05, 4.69) is 0 Å². The van der Waals surface area contributed by atoms with E-state index in [0.717, 1.165) is 0 Å². The number of aliphatic hydroxyl groups is 3. The molecule has 0 aromatic heterocycles. The van der Waals surface area contributed by atoms with Crippen molar-refractivity contribution in [3.05, 3.63) is 0 Å². The van der Waals surface area contributed by atoms with E-state index < -0.39 is 6.29 Å². The van der Waals surface area contributed by atoms with Crippen LogP contribution in [0, 0.1) is 0 Å². The highest BCUT2D eigenvalue weighted by atomic mass is 16.5. The van der Waals surface area contributed by atoms with Crippen LogP contribution in [0.3, 0.4) is 0 Å². The molecule has 0 spiro atoms. The van der Waals surface area contributed by atoms with Crippen molar-refractivity contribution in [3.8, 4) is 0 Å². The van der Waals surface area contributed by atoms with Gasteiger partial charge < -0.3 is 15.3 Å². The Balaban J connectivity index is 0. The second kappa shape index (κ2) is 8.55. The van der Waals surface area contributed by atoms with E-state index in [9.17, 15) is 4.79 Å². The molecule has 0 heterocycles. The molecule has 0 atom stereocenters. The van der Waals surface area contributed by atoms with Crippen molar-refractivity contribution < 1.29 is 20.1 Å². The zero-order chi connectivity index (χ0) is 8.57. The molecule has 10 heavy (non-hydrogen) atoms. The average molecular weight is 150 g/mol. The monoisotopic (exact) mass is 150 g/mol. The van der Waals surface area contributed by atoms with Gasteiger partial charge in [-0.25, -0.2) is 0 Å². The first-order valence-electron chi connectivity index (χ1n) is 3.01. The van der Waals surface area contributed by atoms with Gasteiger partial charge in [0.15, 0.2) is 12.1 Å². The van der Waals surface area contributed by atoms with E-state index >= 15 is 0 Å². The Hall–Kier alpha value is -0.450. The Morgan fingerprint density at radius 3 is 1.70 bits per heavy atom. The fraction of sp³-hybridized carbons (Fsp3) is 0.833. The maximum Gasteiger partial charge on any atom is 0.155 e. The van der Waals surface area contributed by atoms with Gasteiger partial charge in [-0.15, -0.1) is 0 Å². The van der Waals surface area contributed by atoms with Gasteiger partial charge in [0.2, 0.25) is 0 Å². The predicted octanol–water partition coefficient (Wildman–Crippen LogP) is -0.725. The lowest BCUT2D eigenvalue weighted by atomic mass is 10.5. The van der Waals surface area contributed by atoms with Crippen molar-refractivity contribution in [2.45, 2.75) is 26.6 Å². The van der Waals surface area contributed by atoms with Gasteiger partial charge in [-0.2, -0.15) is 0 Å². The lowest BCUT2D eigenvalue weighted by Crippen LogP contribution is -1.99. The zero-order valence-corrected chi connectivity index (χ0v) is 6.24. The smallest absolute Gasteiger partial charge is 0.155 e. The quantitative estimate of drug-likeness (QED) is 0.454. The third-order valence-electron chi connectivity index (χ3n) is 0.588. The second-order valence-corrected chi connectivity index (χ2v) is 1.75. The SMILES string of the molecule is CC(=O)CO.CCC(O)O. The number of hydrogen-bond acceptors (Lipinski definition) is 4. The van der Waals surface area contributed by atoms with Crippen molar-refractivity contribution >= 4 is 5.78 Å².